The number of aromatic nitrogens is 4. The fourth-order valence-corrected chi connectivity index (χ4v) is 21.6. The van der Waals surface area contributed by atoms with E-state index in [1.54, 1.807) is 73.1 Å². The van der Waals surface area contributed by atoms with Crippen LogP contribution in [0.25, 0.3) is 44.3 Å². The Morgan fingerprint density at radius 1 is 0.507 bits per heavy atom. The number of hydrogen-bond acceptors (Lipinski definition) is 24. The van der Waals surface area contributed by atoms with Gasteiger partial charge in [-0.15, -0.1) is 0 Å². The van der Waals surface area contributed by atoms with Gasteiger partial charge in [-0.25, -0.2) is 26.8 Å². The third-order valence-electron chi connectivity index (χ3n) is 27.2. The Labute approximate surface area is 777 Å². The molecule has 4 amide bonds. The SMILES string of the molecule is CC[C@@H]1C[C@@H](C)CC/C=C\[C@@H]2C[C@@]2(C(=O)NS(=O)(=O)C2CC2)CC(=O)[C@@H]2C[C@@H](Oc3nc(-c4ccc(OC(C)C)cn4)cc4cc(OC)ccc34)CN2C(=O)[C@H]1CC(=O)OC(C)(C)C(F)(F)F.CC[C@@H]1C[C@H](C)CC/C=C\[C@@H]2C[C@@]2(C(=O)NS(=O)(=O)C2CC2)CC(=O)[C@@H]2C[C@@H](Oc3nc(-c4ccc(OC(C)C)cn4)cc4cc(OC)ccc34)CN2C(=O)[C@H]1CC(=O)OC(C)(C)C(F)(F)F. The van der Waals surface area contributed by atoms with Crippen LogP contribution < -0.4 is 37.9 Å². The van der Waals surface area contributed by atoms with Crippen molar-refractivity contribution in [2.75, 3.05) is 27.3 Å². The van der Waals surface area contributed by atoms with Gasteiger partial charge in [-0.2, -0.15) is 26.3 Å². The van der Waals surface area contributed by atoms with E-state index in [1.807, 2.05) is 91.8 Å². The first-order valence-corrected chi connectivity index (χ1v) is 49.4. The van der Waals surface area contributed by atoms with Gasteiger partial charge in [-0.1, -0.05) is 64.8 Å². The molecule has 2 N–H and O–H groups in total. The van der Waals surface area contributed by atoms with Crippen LogP contribution in [0.3, 0.4) is 0 Å². The van der Waals surface area contributed by atoms with E-state index < -0.39 is 198 Å². The molecule has 14 atom stereocenters. The highest BCUT2D eigenvalue weighted by atomic mass is 32.2. The number of Topliss-reactive ketones (excluding diaryl/α,β-unsaturated/α-hetero) is 2. The minimum atomic E-state index is -4.89. The van der Waals surface area contributed by atoms with Crippen molar-refractivity contribution in [2.24, 2.45) is 58.2 Å². The fraction of sp³-hybridized carbons (Fsp3) is 0.592. The molecular formula is C98H122F6N8O20S2. The number of pyridine rings is 4. The molecule has 4 aliphatic carbocycles. The van der Waals surface area contributed by atoms with Gasteiger partial charge in [-0.05, 0) is 252 Å². The van der Waals surface area contributed by atoms with E-state index in [-0.39, 0.29) is 74.6 Å². The van der Waals surface area contributed by atoms with Gasteiger partial charge in [0.1, 0.15) is 35.2 Å². The van der Waals surface area contributed by atoms with Gasteiger partial charge in [0, 0.05) is 36.5 Å². The quantitative estimate of drug-likeness (QED) is 0.0289. The number of hydrogen-bond donors (Lipinski definition) is 2. The summed E-state index contributed by atoms with van der Waals surface area (Å²) in [5, 5.41) is 1.17. The number of benzene rings is 2. The number of methoxy groups -OCH3 is 2. The molecule has 0 bridgehead atoms. The molecule has 0 spiro atoms. The van der Waals surface area contributed by atoms with Crippen LogP contribution in [0.4, 0.5) is 26.3 Å². The van der Waals surface area contributed by atoms with Crippen LogP contribution in [0.15, 0.2) is 109 Å². The van der Waals surface area contributed by atoms with Gasteiger partial charge in [0.25, 0.3) is 0 Å². The molecule has 8 aliphatic rings. The summed E-state index contributed by atoms with van der Waals surface area (Å²) in [7, 11) is -4.86. The minimum Gasteiger partial charge on any atom is -0.497 e. The standard InChI is InChI=1S/2C49H61F3N4O10S/c2*1-8-30-19-29(4)11-9-10-12-32-24-48(32,46(60)55-67(61,62)36-15-16-36)25-42(57)41-22-35(27-56(41)45(59)38(30)23-43(58)66-47(5,6)49(50,51)52)65-44-37-17-13-33(63-7)20-31(37)21-40(54-44)39-18-14-34(26-53-39)64-28(2)3/h2*10,12-14,17-18,20-21,26,28-30,32,35-36,38,41H,8-9,11,15-16,19,22-25,27H2,1-7H3,(H,55,60)/b2*12-10-/t29-,30+,32+,35+,38-,41-,48+;29-,30-,32-,35-,38+,41+,48-/m01/s1. The van der Waals surface area contributed by atoms with Crippen LogP contribution >= 0.6 is 0 Å². The molecule has 134 heavy (non-hydrogen) atoms. The highest BCUT2D eigenvalue weighted by molar-refractivity contribution is 7.91. The lowest BCUT2D eigenvalue weighted by molar-refractivity contribution is -0.257. The maximum Gasteiger partial charge on any atom is 0.427 e. The lowest BCUT2D eigenvalue weighted by Crippen LogP contribution is -2.48. The number of esters is 2. The van der Waals surface area contributed by atoms with Crippen molar-refractivity contribution in [3.05, 3.63) is 109 Å². The number of carbonyl (C=O) groups is 8. The van der Waals surface area contributed by atoms with E-state index in [9.17, 15) is 71.9 Å². The van der Waals surface area contributed by atoms with Crippen molar-refractivity contribution in [1.82, 2.24) is 39.2 Å². The Hall–Kier alpha value is -10.5. The molecule has 6 aromatic rings. The molecule has 6 fully saturated rings. The van der Waals surface area contributed by atoms with Gasteiger partial charge < -0.3 is 47.7 Å². The summed E-state index contributed by atoms with van der Waals surface area (Å²) in [5.74, 6) is -7.94. The Morgan fingerprint density at radius 3 is 1.19 bits per heavy atom. The summed E-state index contributed by atoms with van der Waals surface area (Å²) in [6.07, 6.45) is 3.04. The average molecular weight is 1910 g/mol. The first-order valence-electron chi connectivity index (χ1n) is 46.3. The predicted molar refractivity (Wildman–Crippen MR) is 485 cm³/mol. The Kier molecular flexibility index (Phi) is 30.4. The van der Waals surface area contributed by atoms with Gasteiger partial charge in [0.15, 0.2) is 11.6 Å². The number of nitrogens with zero attached hydrogens (tertiary/aromatic N) is 6. The highest BCUT2D eigenvalue weighted by Gasteiger charge is 2.64. The molecule has 28 nitrogen and oxygen atoms in total. The number of nitrogens with one attached hydrogen (secondary N) is 2. The lowest BCUT2D eigenvalue weighted by Gasteiger charge is -2.34. The molecule has 4 aliphatic heterocycles. The number of carbonyl (C=O) groups excluding carboxylic acids is 8. The number of ether oxygens (including phenoxy) is 8. The van der Waals surface area contributed by atoms with Gasteiger partial charge >= 0.3 is 24.3 Å². The summed E-state index contributed by atoms with van der Waals surface area (Å²) in [6.45, 7) is 17.9. The number of fused-ring (bicyclic) bond motifs is 6. The molecule has 4 aromatic heterocycles. The fourth-order valence-electron chi connectivity index (χ4n) is 18.8. The Bertz CT molecular complexity index is 5330. The first-order chi connectivity index (χ1) is 63.1. The second kappa shape index (κ2) is 40.4. The van der Waals surface area contributed by atoms with Crippen LogP contribution in [-0.2, 0) is 67.9 Å². The van der Waals surface area contributed by atoms with Crippen LogP contribution in [0.5, 0.6) is 34.8 Å². The average Bonchev–Trinajstić information content (AvgIpc) is 1.57. The third kappa shape index (κ3) is 23.6. The zero-order chi connectivity index (χ0) is 97.3. The normalized spacial score (nSPS) is 26.8. The summed E-state index contributed by atoms with van der Waals surface area (Å²) < 4.78 is 187. The van der Waals surface area contributed by atoms with Crippen molar-refractivity contribution in [2.45, 2.75) is 282 Å². The van der Waals surface area contributed by atoms with E-state index in [0.29, 0.717) is 144 Å². The zero-order valence-corrected chi connectivity index (χ0v) is 79.8. The number of ketones is 2. The number of rotatable bonds is 26. The van der Waals surface area contributed by atoms with Crippen molar-refractivity contribution < 1.29 is 119 Å². The molecule has 8 heterocycles. The van der Waals surface area contributed by atoms with Crippen LogP contribution in [-0.4, -0.2) is 192 Å². The zero-order valence-electron chi connectivity index (χ0n) is 78.1. The molecule has 14 rings (SSSR count). The second-order valence-corrected chi connectivity index (χ2v) is 43.0. The summed E-state index contributed by atoms with van der Waals surface area (Å²) in [5.41, 5.74) is -6.60. The molecule has 4 saturated carbocycles. The van der Waals surface area contributed by atoms with Crippen molar-refractivity contribution in [3.63, 3.8) is 0 Å². The van der Waals surface area contributed by atoms with Gasteiger partial charge in [-0.3, -0.25) is 57.8 Å². The maximum atomic E-state index is 15.2. The smallest absolute Gasteiger partial charge is 0.427 e. The molecule has 2 aromatic carbocycles. The van der Waals surface area contributed by atoms with Crippen molar-refractivity contribution >= 4 is 88.7 Å². The van der Waals surface area contributed by atoms with E-state index in [1.165, 1.54) is 24.0 Å². The van der Waals surface area contributed by atoms with Crippen LogP contribution in [0, 0.1) is 58.2 Å². The topological polar surface area (TPSA) is 361 Å². The number of sulfonamides is 2. The maximum absolute atomic E-state index is 15.2. The number of halogens is 6. The largest absolute Gasteiger partial charge is 0.497 e. The first kappa shape index (κ1) is 101. The summed E-state index contributed by atoms with van der Waals surface area (Å²) in [6, 6.07) is 18.9. The molecule has 0 radical (unpaired) electrons. The van der Waals surface area contributed by atoms with E-state index >= 15 is 9.59 Å². The number of amides is 4. The predicted octanol–water partition coefficient (Wildman–Crippen LogP) is 16.6. The molecule has 728 valence electrons. The van der Waals surface area contributed by atoms with Crippen LogP contribution in [0.1, 0.15) is 212 Å². The highest BCUT2D eigenvalue weighted by Crippen LogP contribution is 2.59. The molecule has 36 heteroatoms. The molecule has 0 unspecified atom stereocenters. The Morgan fingerprint density at radius 2 is 0.873 bits per heavy atom. The minimum absolute atomic E-state index is 0.000576. The summed E-state index contributed by atoms with van der Waals surface area (Å²) in [4.78, 5) is 137. The molecule has 2 saturated heterocycles. The van der Waals surface area contributed by atoms with E-state index in [2.05, 4.69) is 19.4 Å². The van der Waals surface area contributed by atoms with Crippen molar-refractivity contribution in [3.8, 4) is 57.5 Å². The van der Waals surface area contributed by atoms with E-state index in [4.69, 9.17) is 47.9 Å². The lowest BCUT2D eigenvalue weighted by atomic mass is 9.79. The van der Waals surface area contributed by atoms with Crippen LogP contribution in [0.2, 0.25) is 0 Å². The van der Waals surface area contributed by atoms with Gasteiger partial charge in [0.2, 0.25) is 66.6 Å². The third-order valence-corrected chi connectivity index (χ3v) is 30.8. The van der Waals surface area contributed by atoms with Gasteiger partial charge in [0.05, 0.1) is 133 Å². The monoisotopic (exact) mass is 1910 g/mol. The number of allylic oxidation sites excluding steroid dienone is 4. The summed E-state index contributed by atoms with van der Waals surface area (Å²) >= 11 is 0. The number of alkyl halides is 6. The Balaban J connectivity index is 0.000000227. The van der Waals surface area contributed by atoms with Crippen molar-refractivity contribution in [1.29, 1.82) is 0 Å². The van der Waals surface area contributed by atoms with E-state index in [0.717, 1.165) is 27.7 Å². The second-order valence-electron chi connectivity index (χ2n) is 39.0. The molecular weight excluding hydrogens is 1790 g/mol.